The number of nitrogens with zero attached hydrogens (tertiary/aromatic N) is 2. The maximum Gasteiger partial charge on any atom is 0.317 e. The molecule has 2 saturated heterocycles. The van der Waals surface area contributed by atoms with Crippen LogP contribution >= 0.6 is 0 Å². The highest BCUT2D eigenvalue weighted by molar-refractivity contribution is 5.74. The summed E-state index contributed by atoms with van der Waals surface area (Å²) >= 11 is 0. The minimum Gasteiger partial charge on any atom is -0.395 e. The smallest absolute Gasteiger partial charge is 0.317 e. The molecule has 2 heterocycles. The third-order valence-electron chi connectivity index (χ3n) is 7.74. The van der Waals surface area contributed by atoms with E-state index in [1.54, 1.807) is 0 Å². The predicted octanol–water partition coefficient (Wildman–Crippen LogP) is 4.23. The summed E-state index contributed by atoms with van der Waals surface area (Å²) in [6, 6.07) is 20.1. The van der Waals surface area contributed by atoms with Gasteiger partial charge in [0, 0.05) is 37.1 Å². The van der Waals surface area contributed by atoms with Crippen molar-refractivity contribution < 1.29 is 9.90 Å². The van der Waals surface area contributed by atoms with Crippen LogP contribution in [-0.4, -0.2) is 65.3 Å². The summed E-state index contributed by atoms with van der Waals surface area (Å²) in [5.74, 6) is 0.254. The Kier molecular flexibility index (Phi) is 6.47. The lowest BCUT2D eigenvalue weighted by Gasteiger charge is -2.57. The average Bonchev–Trinajstić information content (AvgIpc) is 3.32. The van der Waals surface area contributed by atoms with E-state index in [2.05, 4.69) is 58.7 Å². The fourth-order valence-corrected chi connectivity index (χ4v) is 5.99. The molecule has 2 aromatic carbocycles. The van der Waals surface area contributed by atoms with Crippen molar-refractivity contribution in [2.45, 2.75) is 62.6 Å². The highest BCUT2D eigenvalue weighted by Gasteiger charge is 2.49. The van der Waals surface area contributed by atoms with E-state index in [0.717, 1.165) is 45.3 Å². The number of aliphatic hydroxyl groups excluding tert-OH is 1. The molecule has 2 amide bonds. The Hall–Kier alpha value is -2.37. The molecule has 1 aliphatic carbocycles. The zero-order chi connectivity index (χ0) is 21.9. The highest BCUT2D eigenvalue weighted by Crippen LogP contribution is 2.42. The van der Waals surface area contributed by atoms with Gasteiger partial charge in [-0.3, -0.25) is 4.90 Å². The molecule has 0 unspecified atom stereocenters. The van der Waals surface area contributed by atoms with Gasteiger partial charge in [0.25, 0.3) is 0 Å². The normalized spacial score (nSPS) is 26.7. The molecule has 3 atom stereocenters. The number of amides is 2. The quantitative estimate of drug-likeness (QED) is 0.759. The third kappa shape index (κ3) is 4.28. The summed E-state index contributed by atoms with van der Waals surface area (Å²) in [6.07, 6.45) is 6.76. The van der Waals surface area contributed by atoms with Crippen molar-refractivity contribution in [2.75, 3.05) is 26.2 Å². The van der Waals surface area contributed by atoms with Gasteiger partial charge in [0.05, 0.1) is 6.61 Å². The van der Waals surface area contributed by atoms with Gasteiger partial charge >= 0.3 is 6.03 Å². The number of hydrogen-bond donors (Lipinski definition) is 2. The number of urea groups is 1. The SMILES string of the molecule is O=C(NC1CCCC1)N1CCCCN2[C@H](CO)[C@H](c3ccc(-c4ccccc4)cc3)[C@@H]2C1. The van der Waals surface area contributed by atoms with E-state index in [0.29, 0.717) is 6.04 Å². The van der Waals surface area contributed by atoms with Gasteiger partial charge in [0.1, 0.15) is 0 Å². The van der Waals surface area contributed by atoms with Gasteiger partial charge in [-0.15, -0.1) is 0 Å². The predicted molar refractivity (Wildman–Crippen MR) is 128 cm³/mol. The molecule has 0 aromatic heterocycles. The summed E-state index contributed by atoms with van der Waals surface area (Å²) in [7, 11) is 0. The number of fused-ring (bicyclic) bond motifs is 1. The Balaban J connectivity index is 1.33. The number of aliphatic hydroxyl groups is 1. The molecule has 2 aromatic rings. The first-order chi connectivity index (χ1) is 15.7. The van der Waals surface area contributed by atoms with Gasteiger partial charge in [0.2, 0.25) is 0 Å². The van der Waals surface area contributed by atoms with Gasteiger partial charge < -0.3 is 15.3 Å². The van der Waals surface area contributed by atoms with Crippen LogP contribution in [0.4, 0.5) is 4.79 Å². The van der Waals surface area contributed by atoms with E-state index in [1.165, 1.54) is 29.5 Å². The zero-order valence-electron chi connectivity index (χ0n) is 18.8. The highest BCUT2D eigenvalue weighted by atomic mass is 16.3. The molecule has 3 fully saturated rings. The van der Waals surface area contributed by atoms with Gasteiger partial charge in [-0.25, -0.2) is 4.79 Å². The van der Waals surface area contributed by atoms with Crippen molar-refractivity contribution in [2.24, 2.45) is 0 Å². The lowest BCUT2D eigenvalue weighted by Crippen LogP contribution is -2.68. The van der Waals surface area contributed by atoms with Crippen LogP contribution in [0.25, 0.3) is 11.1 Å². The molecule has 0 radical (unpaired) electrons. The summed E-state index contributed by atoms with van der Waals surface area (Å²) in [4.78, 5) is 17.5. The van der Waals surface area contributed by atoms with Crippen LogP contribution in [-0.2, 0) is 0 Å². The molecule has 5 heteroatoms. The second-order valence-electron chi connectivity index (χ2n) is 9.65. The molecule has 5 nitrogen and oxygen atoms in total. The number of rotatable bonds is 4. The first-order valence-electron chi connectivity index (χ1n) is 12.3. The first kappa shape index (κ1) is 21.5. The van der Waals surface area contributed by atoms with Crippen LogP contribution in [0.1, 0.15) is 50.0 Å². The topological polar surface area (TPSA) is 55.8 Å². The maximum atomic E-state index is 13.0. The van der Waals surface area contributed by atoms with Crippen molar-refractivity contribution in [1.29, 1.82) is 0 Å². The number of carbonyl (C=O) groups is 1. The van der Waals surface area contributed by atoms with Gasteiger partial charge in [-0.1, -0.05) is 67.4 Å². The van der Waals surface area contributed by atoms with Crippen LogP contribution in [0.2, 0.25) is 0 Å². The monoisotopic (exact) mass is 433 g/mol. The Morgan fingerprint density at radius 1 is 0.906 bits per heavy atom. The van der Waals surface area contributed by atoms with E-state index in [9.17, 15) is 9.90 Å². The first-order valence-corrected chi connectivity index (χ1v) is 12.3. The number of carbonyl (C=O) groups excluding carboxylic acids is 1. The van der Waals surface area contributed by atoms with Gasteiger partial charge in [-0.2, -0.15) is 0 Å². The lowest BCUT2D eigenvalue weighted by atomic mass is 9.74. The molecule has 32 heavy (non-hydrogen) atoms. The van der Waals surface area contributed by atoms with Crippen molar-refractivity contribution >= 4 is 6.03 Å². The van der Waals surface area contributed by atoms with Crippen LogP contribution in [0.3, 0.4) is 0 Å². The van der Waals surface area contributed by atoms with Crippen LogP contribution in [0.15, 0.2) is 54.6 Å². The summed E-state index contributed by atoms with van der Waals surface area (Å²) in [5.41, 5.74) is 3.69. The molecule has 0 spiro atoms. The van der Waals surface area contributed by atoms with Gasteiger partial charge in [0.15, 0.2) is 0 Å². The Bertz CT molecular complexity index is 895. The lowest BCUT2D eigenvalue weighted by molar-refractivity contribution is -0.0591. The standard InChI is InChI=1S/C27H35N3O2/c31-19-25-26(22-14-12-21(13-15-22)20-8-2-1-3-9-20)24-18-29(16-6-7-17-30(24)25)27(32)28-23-10-4-5-11-23/h1-3,8-9,12-15,23-26,31H,4-7,10-11,16-19H2,(H,28,32)/t24-,25+,26+/m0/s1. The number of benzene rings is 2. The Morgan fingerprint density at radius 3 is 2.31 bits per heavy atom. The minimum atomic E-state index is 0.101. The van der Waals surface area contributed by atoms with Crippen molar-refractivity contribution in [3.05, 3.63) is 60.2 Å². The van der Waals surface area contributed by atoms with Crippen molar-refractivity contribution in [1.82, 2.24) is 15.1 Å². The second-order valence-corrected chi connectivity index (χ2v) is 9.65. The third-order valence-corrected chi connectivity index (χ3v) is 7.74. The fourth-order valence-electron chi connectivity index (χ4n) is 5.99. The Morgan fingerprint density at radius 2 is 1.59 bits per heavy atom. The number of hydrogen-bond acceptors (Lipinski definition) is 3. The Labute approximate surface area is 191 Å². The molecule has 170 valence electrons. The van der Waals surface area contributed by atoms with E-state index < -0.39 is 0 Å². The van der Waals surface area contributed by atoms with Crippen LogP contribution < -0.4 is 5.32 Å². The van der Waals surface area contributed by atoms with E-state index >= 15 is 0 Å². The molecule has 2 N–H and O–H groups in total. The molecular weight excluding hydrogens is 398 g/mol. The summed E-state index contributed by atoms with van der Waals surface area (Å²) in [5, 5.41) is 13.5. The maximum absolute atomic E-state index is 13.0. The molecule has 1 saturated carbocycles. The molecule has 0 bridgehead atoms. The zero-order valence-corrected chi connectivity index (χ0v) is 18.8. The number of nitrogens with one attached hydrogen (secondary N) is 1. The summed E-state index contributed by atoms with van der Waals surface area (Å²) in [6.45, 7) is 2.73. The second kappa shape index (κ2) is 9.63. The molecular formula is C27H35N3O2. The average molecular weight is 434 g/mol. The molecule has 3 aliphatic rings. The van der Waals surface area contributed by atoms with E-state index in [4.69, 9.17) is 0 Å². The summed E-state index contributed by atoms with van der Waals surface area (Å²) < 4.78 is 0. The fraction of sp³-hybridized carbons (Fsp3) is 0.519. The van der Waals surface area contributed by atoms with Gasteiger partial charge in [-0.05, 0) is 48.9 Å². The molecule has 5 rings (SSSR count). The van der Waals surface area contributed by atoms with E-state index in [1.807, 2.05) is 11.0 Å². The largest absolute Gasteiger partial charge is 0.395 e. The van der Waals surface area contributed by atoms with Crippen molar-refractivity contribution in [3.63, 3.8) is 0 Å². The van der Waals surface area contributed by atoms with E-state index in [-0.39, 0.29) is 30.6 Å². The van der Waals surface area contributed by atoms with Crippen LogP contribution in [0, 0.1) is 0 Å². The minimum absolute atomic E-state index is 0.101. The molecule has 2 aliphatic heterocycles. The van der Waals surface area contributed by atoms with Crippen LogP contribution in [0.5, 0.6) is 0 Å². The van der Waals surface area contributed by atoms with Crippen molar-refractivity contribution in [3.8, 4) is 11.1 Å².